The van der Waals surface area contributed by atoms with Gasteiger partial charge in [0.25, 0.3) is 0 Å². The summed E-state index contributed by atoms with van der Waals surface area (Å²) < 4.78 is 9.30. The van der Waals surface area contributed by atoms with Gasteiger partial charge >= 0.3 is 0 Å². The lowest BCUT2D eigenvalue weighted by atomic mass is 9.97. The number of anilines is 3. The van der Waals surface area contributed by atoms with Crippen LogP contribution in [-0.2, 0) is 0 Å². The highest BCUT2D eigenvalue weighted by atomic mass is 32.1. The molecule has 0 unspecified atom stereocenters. The van der Waals surface area contributed by atoms with Gasteiger partial charge in [-0.3, -0.25) is 0 Å². The number of hydrogen-bond donors (Lipinski definition) is 0. The van der Waals surface area contributed by atoms with Crippen molar-refractivity contribution >= 4 is 103 Å². The normalized spacial score (nSPS) is 11.9. The zero-order valence-corrected chi connectivity index (χ0v) is 28.3. The smallest absolute Gasteiger partial charge is 0.144 e. The third-order valence-corrected chi connectivity index (χ3v) is 11.6. The second-order valence-electron chi connectivity index (χ2n) is 13.2. The van der Waals surface area contributed by atoms with Gasteiger partial charge in [0, 0.05) is 42.0 Å². The molecule has 0 bridgehead atoms. The number of rotatable bonds is 4. The van der Waals surface area contributed by atoms with Crippen LogP contribution in [0.4, 0.5) is 17.1 Å². The zero-order chi connectivity index (χ0) is 33.5. The molecule has 0 saturated carbocycles. The fourth-order valence-electron chi connectivity index (χ4n) is 8.15. The molecule has 2 nitrogen and oxygen atoms in total. The molecular weight excluding hydrogens is 639 g/mol. The Morgan fingerprint density at radius 1 is 0.392 bits per heavy atom. The van der Waals surface area contributed by atoms with Crippen LogP contribution in [0.5, 0.6) is 0 Å². The van der Waals surface area contributed by atoms with Gasteiger partial charge in [0.1, 0.15) is 11.2 Å². The van der Waals surface area contributed by atoms with Crippen LogP contribution in [0, 0.1) is 0 Å². The van der Waals surface area contributed by atoms with E-state index in [1.807, 2.05) is 11.3 Å². The summed E-state index contributed by atoms with van der Waals surface area (Å²) in [5.41, 5.74) is 7.67. The second kappa shape index (κ2) is 11.0. The minimum absolute atomic E-state index is 0.919. The maximum Gasteiger partial charge on any atom is 0.144 e. The van der Waals surface area contributed by atoms with Crippen LogP contribution in [0.15, 0.2) is 180 Å². The van der Waals surface area contributed by atoms with Gasteiger partial charge in [0.2, 0.25) is 0 Å². The van der Waals surface area contributed by atoms with Crippen molar-refractivity contribution in [2.24, 2.45) is 0 Å². The van der Waals surface area contributed by atoms with Gasteiger partial charge in [-0.1, -0.05) is 127 Å². The van der Waals surface area contributed by atoms with Crippen molar-refractivity contribution in [2.75, 3.05) is 4.90 Å². The molecule has 0 amide bonds. The van der Waals surface area contributed by atoms with Crippen LogP contribution < -0.4 is 4.90 Å². The van der Waals surface area contributed by atoms with Gasteiger partial charge in [0.05, 0.1) is 11.4 Å². The number of fused-ring (bicyclic) bond motifs is 11. The lowest BCUT2D eigenvalue weighted by molar-refractivity contribution is 0.673. The van der Waals surface area contributed by atoms with E-state index in [9.17, 15) is 0 Å². The predicted molar refractivity (Wildman–Crippen MR) is 219 cm³/mol. The van der Waals surface area contributed by atoms with Gasteiger partial charge in [-0.15, -0.1) is 11.3 Å². The Balaban J connectivity index is 1.20. The van der Waals surface area contributed by atoms with Crippen LogP contribution in [0.3, 0.4) is 0 Å². The lowest BCUT2D eigenvalue weighted by Gasteiger charge is -2.28. The molecule has 0 aliphatic heterocycles. The highest BCUT2D eigenvalue weighted by Crippen LogP contribution is 2.50. The van der Waals surface area contributed by atoms with E-state index in [2.05, 4.69) is 181 Å². The summed E-state index contributed by atoms with van der Waals surface area (Å²) in [7, 11) is 0. The molecule has 0 spiro atoms. The number of furan rings is 1. The number of hydrogen-bond acceptors (Lipinski definition) is 3. The average Bonchev–Trinajstić information content (AvgIpc) is 3.77. The molecular formula is C48H29NOS. The first-order chi connectivity index (χ1) is 25.3. The minimum Gasteiger partial charge on any atom is -0.455 e. The molecule has 11 aromatic rings. The van der Waals surface area contributed by atoms with Gasteiger partial charge < -0.3 is 9.32 Å². The fraction of sp³-hybridized carbons (Fsp3) is 0. The Morgan fingerprint density at radius 3 is 1.84 bits per heavy atom. The van der Waals surface area contributed by atoms with E-state index in [-0.39, 0.29) is 0 Å². The molecule has 0 N–H and O–H groups in total. The van der Waals surface area contributed by atoms with Crippen LogP contribution in [0.1, 0.15) is 0 Å². The van der Waals surface area contributed by atoms with E-state index in [0.717, 1.165) is 33.6 Å². The first-order valence-corrected chi connectivity index (χ1v) is 18.2. The number of benzene rings is 9. The van der Waals surface area contributed by atoms with Crippen molar-refractivity contribution in [1.82, 2.24) is 0 Å². The average molecular weight is 668 g/mol. The Morgan fingerprint density at radius 2 is 1.02 bits per heavy atom. The van der Waals surface area contributed by atoms with E-state index in [1.54, 1.807) is 0 Å². The Kier molecular flexibility index (Phi) is 6.16. The van der Waals surface area contributed by atoms with Crippen molar-refractivity contribution in [1.29, 1.82) is 0 Å². The topological polar surface area (TPSA) is 16.4 Å². The molecule has 238 valence electrons. The van der Waals surface area contributed by atoms with Gasteiger partial charge in [-0.25, -0.2) is 0 Å². The first-order valence-electron chi connectivity index (χ1n) is 17.3. The first kappa shape index (κ1) is 28.4. The molecule has 2 aromatic heterocycles. The van der Waals surface area contributed by atoms with Crippen LogP contribution in [0.2, 0.25) is 0 Å². The molecule has 0 fully saturated rings. The second-order valence-corrected chi connectivity index (χ2v) is 14.3. The molecule has 51 heavy (non-hydrogen) atoms. The summed E-state index contributed by atoms with van der Waals surface area (Å²) in [5, 5.41) is 12.1. The van der Waals surface area contributed by atoms with E-state index in [0.29, 0.717) is 0 Å². The fourth-order valence-corrected chi connectivity index (χ4v) is 9.28. The molecule has 3 heteroatoms. The van der Waals surface area contributed by atoms with Crippen molar-refractivity contribution < 1.29 is 4.42 Å². The van der Waals surface area contributed by atoms with Gasteiger partial charge in [-0.05, 0) is 86.6 Å². The third-order valence-electron chi connectivity index (χ3n) is 10.4. The highest BCUT2D eigenvalue weighted by Gasteiger charge is 2.23. The van der Waals surface area contributed by atoms with Crippen molar-refractivity contribution in [3.05, 3.63) is 176 Å². The molecule has 0 aliphatic rings. The summed E-state index contributed by atoms with van der Waals surface area (Å²) in [6, 6.07) is 63.7. The van der Waals surface area contributed by atoms with Crippen LogP contribution in [-0.4, -0.2) is 0 Å². The Bertz CT molecular complexity index is 3140. The molecule has 0 aliphatic carbocycles. The van der Waals surface area contributed by atoms with E-state index in [4.69, 9.17) is 4.42 Å². The van der Waals surface area contributed by atoms with Crippen LogP contribution >= 0.6 is 11.3 Å². The van der Waals surface area contributed by atoms with Crippen LogP contribution in [0.25, 0.3) is 85.6 Å². The minimum atomic E-state index is 0.919. The summed E-state index contributed by atoms with van der Waals surface area (Å²) in [4.78, 5) is 2.45. The predicted octanol–water partition coefficient (Wildman–Crippen LogP) is 14.6. The number of thiophene rings is 1. The number of nitrogens with zero attached hydrogens (tertiary/aromatic N) is 1. The molecule has 0 saturated heterocycles. The molecule has 2 heterocycles. The lowest BCUT2D eigenvalue weighted by Crippen LogP contribution is -2.10. The van der Waals surface area contributed by atoms with E-state index < -0.39 is 0 Å². The maximum absolute atomic E-state index is 6.84. The molecule has 9 aromatic carbocycles. The monoisotopic (exact) mass is 667 g/mol. The van der Waals surface area contributed by atoms with Gasteiger partial charge in [-0.2, -0.15) is 0 Å². The highest BCUT2D eigenvalue weighted by molar-refractivity contribution is 7.26. The maximum atomic E-state index is 6.84. The van der Waals surface area contributed by atoms with E-state index >= 15 is 0 Å². The SMILES string of the molecule is c1ccc2c(-c3ccc(N(c4cccc5ccccc45)c4cccc5sc6ccc7c(oc8ccc9ccccc9c87)c6c45)cc3)cccc2c1. The van der Waals surface area contributed by atoms with E-state index in [1.165, 1.54) is 69.0 Å². The van der Waals surface area contributed by atoms with Crippen molar-refractivity contribution in [2.45, 2.75) is 0 Å². The van der Waals surface area contributed by atoms with Crippen molar-refractivity contribution in [3.63, 3.8) is 0 Å². The van der Waals surface area contributed by atoms with Gasteiger partial charge in [0.15, 0.2) is 0 Å². The summed E-state index contributed by atoms with van der Waals surface area (Å²) >= 11 is 1.83. The summed E-state index contributed by atoms with van der Waals surface area (Å²) in [6.07, 6.45) is 0. The third kappa shape index (κ3) is 4.29. The van der Waals surface area contributed by atoms with Crippen molar-refractivity contribution in [3.8, 4) is 11.1 Å². The quantitative estimate of drug-likeness (QED) is 0.186. The Hall–Kier alpha value is -6.42. The molecule has 0 radical (unpaired) electrons. The summed E-state index contributed by atoms with van der Waals surface area (Å²) in [6.45, 7) is 0. The Labute approximate surface area is 298 Å². The standard InChI is InChI=1S/C48H29NOS/c1-4-15-35-30(10-1)13-7-18-36(35)33-22-25-34(26-23-33)49(40-19-8-14-31-11-2-5-16-37(31)40)41-20-9-21-43-46(41)47-44(51-43)29-27-39-45-38-17-6-3-12-32(38)24-28-42(45)50-48(39)47/h1-29H. The zero-order valence-electron chi connectivity index (χ0n) is 27.5. The molecule has 11 rings (SSSR count). The summed E-state index contributed by atoms with van der Waals surface area (Å²) in [5.74, 6) is 0. The molecule has 0 atom stereocenters. The largest absolute Gasteiger partial charge is 0.455 e.